The van der Waals surface area contributed by atoms with Crippen LogP contribution in [-0.2, 0) is 18.3 Å². The van der Waals surface area contributed by atoms with Gasteiger partial charge >= 0.3 is 6.09 Å². The van der Waals surface area contributed by atoms with Crippen LogP contribution in [0, 0.1) is 0 Å². The van der Waals surface area contributed by atoms with Crippen LogP contribution in [0.3, 0.4) is 0 Å². The molecule has 150 valence electrons. The summed E-state index contributed by atoms with van der Waals surface area (Å²) in [5.41, 5.74) is 1.87. The maximum absolute atomic E-state index is 12.5. The van der Waals surface area contributed by atoms with Gasteiger partial charge in [-0.05, 0) is 16.3 Å². The van der Waals surface area contributed by atoms with Gasteiger partial charge in [-0.15, -0.1) is 10.2 Å². The summed E-state index contributed by atoms with van der Waals surface area (Å²) in [6.07, 6.45) is -0.351. The molecule has 0 aliphatic carbocycles. The molecule has 0 bridgehead atoms. The molecule has 1 saturated heterocycles. The van der Waals surface area contributed by atoms with Crippen LogP contribution in [0.2, 0.25) is 0 Å². The molecule has 0 radical (unpaired) electrons. The molecule has 1 aromatic heterocycles. The fraction of sp³-hybridized carbons (Fsp3) is 0.333. The third-order valence-electron chi connectivity index (χ3n) is 4.93. The molecule has 1 amide bonds. The van der Waals surface area contributed by atoms with Gasteiger partial charge in [0, 0.05) is 30.3 Å². The van der Waals surface area contributed by atoms with E-state index in [0.29, 0.717) is 36.8 Å². The van der Waals surface area contributed by atoms with E-state index in [2.05, 4.69) is 20.3 Å². The van der Waals surface area contributed by atoms with Crippen LogP contribution in [-0.4, -0.2) is 62.3 Å². The second-order valence-corrected chi connectivity index (χ2v) is 6.81. The van der Waals surface area contributed by atoms with Gasteiger partial charge in [-0.25, -0.2) is 4.79 Å². The lowest BCUT2D eigenvalue weighted by Gasteiger charge is -2.37. The molecular formula is C21H24N6O2. The third-order valence-corrected chi connectivity index (χ3v) is 4.93. The lowest BCUT2D eigenvalue weighted by atomic mass is 10.0. The number of benzene rings is 2. The number of aryl methyl sites for hydroxylation is 1. The summed E-state index contributed by atoms with van der Waals surface area (Å²) >= 11 is 0. The summed E-state index contributed by atoms with van der Waals surface area (Å²) in [5.74, 6) is 0.312. The number of tetrazole rings is 1. The third kappa shape index (κ3) is 4.60. The molecule has 3 aromatic rings. The van der Waals surface area contributed by atoms with E-state index in [1.807, 2.05) is 60.7 Å². The highest BCUT2D eigenvalue weighted by molar-refractivity contribution is 5.67. The molecule has 0 saturated carbocycles. The van der Waals surface area contributed by atoms with Crippen LogP contribution in [0.1, 0.15) is 27.1 Å². The van der Waals surface area contributed by atoms with Crippen molar-refractivity contribution in [3.05, 3.63) is 77.6 Å². The predicted octanol–water partition coefficient (Wildman–Crippen LogP) is 2.25. The Morgan fingerprint density at radius 2 is 1.76 bits per heavy atom. The van der Waals surface area contributed by atoms with Crippen molar-refractivity contribution in [1.82, 2.24) is 30.0 Å². The Bertz CT molecular complexity index is 1020. The first kappa shape index (κ1) is 15.6. The Kier molecular flexibility index (Phi) is 4.76. The van der Waals surface area contributed by atoms with Gasteiger partial charge in [0.15, 0.2) is 5.82 Å². The van der Waals surface area contributed by atoms with Gasteiger partial charge in [-0.1, -0.05) is 60.7 Å². The van der Waals surface area contributed by atoms with Crippen molar-refractivity contribution in [3.63, 3.8) is 0 Å². The SMILES string of the molecule is [2H]C([2H])([2H])n1nnc(C(c2ccccc2)N2CCN(C(=O)OCc3ccccc3)CC2)n1. The number of amides is 1. The first-order valence-electron chi connectivity index (χ1n) is 11.0. The monoisotopic (exact) mass is 395 g/mol. The molecule has 29 heavy (non-hydrogen) atoms. The first-order valence-corrected chi connectivity index (χ1v) is 9.47. The minimum atomic E-state index is -2.49. The lowest BCUT2D eigenvalue weighted by Crippen LogP contribution is -2.50. The fourth-order valence-corrected chi connectivity index (χ4v) is 3.47. The van der Waals surface area contributed by atoms with Crippen molar-refractivity contribution in [2.45, 2.75) is 12.6 Å². The molecule has 8 nitrogen and oxygen atoms in total. The van der Waals surface area contributed by atoms with Gasteiger partial charge in [0.05, 0.1) is 13.0 Å². The highest BCUT2D eigenvalue weighted by atomic mass is 16.6. The van der Waals surface area contributed by atoms with E-state index < -0.39 is 6.98 Å². The average molecular weight is 395 g/mol. The van der Waals surface area contributed by atoms with E-state index in [9.17, 15) is 4.79 Å². The highest BCUT2D eigenvalue weighted by Gasteiger charge is 2.31. The zero-order chi connectivity index (χ0) is 22.6. The molecule has 1 atom stereocenters. The average Bonchev–Trinajstić information content (AvgIpc) is 3.30. The maximum Gasteiger partial charge on any atom is 0.410 e. The number of carbonyl (C=O) groups is 1. The van der Waals surface area contributed by atoms with Crippen LogP contribution >= 0.6 is 0 Å². The van der Waals surface area contributed by atoms with Crippen molar-refractivity contribution in [3.8, 4) is 0 Å². The second-order valence-electron chi connectivity index (χ2n) is 6.81. The molecule has 1 fully saturated rings. The molecule has 1 aliphatic heterocycles. The molecule has 4 rings (SSSR count). The number of hydrogen-bond donors (Lipinski definition) is 0. The smallest absolute Gasteiger partial charge is 0.410 e. The van der Waals surface area contributed by atoms with Crippen LogP contribution in [0.5, 0.6) is 0 Å². The van der Waals surface area contributed by atoms with E-state index in [-0.39, 0.29) is 18.7 Å². The van der Waals surface area contributed by atoms with Gasteiger partial charge in [-0.2, -0.15) is 4.80 Å². The van der Waals surface area contributed by atoms with E-state index in [4.69, 9.17) is 8.85 Å². The van der Waals surface area contributed by atoms with Crippen molar-refractivity contribution < 1.29 is 13.6 Å². The van der Waals surface area contributed by atoms with E-state index >= 15 is 0 Å². The largest absolute Gasteiger partial charge is 0.445 e. The number of aromatic nitrogens is 4. The number of hydrogen-bond acceptors (Lipinski definition) is 6. The second kappa shape index (κ2) is 8.83. The van der Waals surface area contributed by atoms with Crippen LogP contribution in [0.4, 0.5) is 4.79 Å². The van der Waals surface area contributed by atoms with E-state index in [0.717, 1.165) is 11.1 Å². The van der Waals surface area contributed by atoms with Crippen LogP contribution in [0.25, 0.3) is 0 Å². The summed E-state index contributed by atoms with van der Waals surface area (Å²) in [7, 11) is 0. The van der Waals surface area contributed by atoms with Gasteiger partial charge in [-0.3, -0.25) is 4.90 Å². The molecule has 0 N–H and O–H groups in total. The fourth-order valence-electron chi connectivity index (χ4n) is 3.47. The molecule has 1 unspecified atom stereocenters. The number of piperazine rings is 1. The van der Waals surface area contributed by atoms with Crippen molar-refractivity contribution in [1.29, 1.82) is 0 Å². The predicted molar refractivity (Wildman–Crippen MR) is 107 cm³/mol. The number of ether oxygens (including phenoxy) is 1. The number of rotatable bonds is 5. The van der Waals surface area contributed by atoms with Gasteiger partial charge in [0.25, 0.3) is 0 Å². The van der Waals surface area contributed by atoms with Crippen LogP contribution < -0.4 is 0 Å². The number of nitrogens with zero attached hydrogens (tertiary/aromatic N) is 6. The van der Waals surface area contributed by atoms with E-state index in [1.165, 1.54) is 0 Å². The van der Waals surface area contributed by atoms with Gasteiger partial charge < -0.3 is 9.64 Å². The Morgan fingerprint density at radius 1 is 1.07 bits per heavy atom. The Hall–Kier alpha value is -3.26. The minimum absolute atomic E-state index is 0.231. The summed E-state index contributed by atoms with van der Waals surface area (Å²) < 4.78 is 28.0. The Labute approximate surface area is 173 Å². The van der Waals surface area contributed by atoms with Crippen molar-refractivity contribution in [2.24, 2.45) is 6.98 Å². The first-order chi connectivity index (χ1) is 15.4. The topological polar surface area (TPSA) is 76.4 Å². The molecule has 1 aliphatic rings. The van der Waals surface area contributed by atoms with Crippen molar-refractivity contribution in [2.75, 3.05) is 26.2 Å². The number of carbonyl (C=O) groups excluding carboxylic acids is 1. The summed E-state index contributed by atoms with van der Waals surface area (Å²) in [5, 5.41) is 11.9. The summed E-state index contributed by atoms with van der Waals surface area (Å²) in [4.78, 5) is 16.9. The van der Waals surface area contributed by atoms with Gasteiger partial charge in [0.2, 0.25) is 0 Å². The quantitative estimate of drug-likeness (QED) is 0.660. The van der Waals surface area contributed by atoms with Crippen LogP contribution in [0.15, 0.2) is 60.7 Å². The van der Waals surface area contributed by atoms with E-state index in [1.54, 1.807) is 4.90 Å². The summed E-state index contributed by atoms with van der Waals surface area (Å²) in [6, 6.07) is 18.8. The van der Waals surface area contributed by atoms with Gasteiger partial charge in [0.1, 0.15) is 6.61 Å². The van der Waals surface area contributed by atoms with Crippen molar-refractivity contribution >= 4 is 6.09 Å². The molecule has 0 spiro atoms. The maximum atomic E-state index is 12.5. The normalized spacial score (nSPS) is 17.8. The Balaban J connectivity index is 1.44. The molecule has 2 heterocycles. The lowest BCUT2D eigenvalue weighted by molar-refractivity contribution is 0.0635. The molecule has 2 aromatic carbocycles. The molecule has 8 heteroatoms. The zero-order valence-electron chi connectivity index (χ0n) is 18.9. The Morgan fingerprint density at radius 3 is 2.41 bits per heavy atom. The summed E-state index contributed by atoms with van der Waals surface area (Å²) in [6.45, 7) is -0.193. The zero-order valence-corrected chi connectivity index (χ0v) is 15.9. The molecular weight excluding hydrogens is 368 g/mol. The minimum Gasteiger partial charge on any atom is -0.445 e. The standard InChI is InChI=1S/C21H24N6O2/c1-25-23-20(22-24-25)19(18-10-6-3-7-11-18)26-12-14-27(15-13-26)21(28)29-16-17-8-4-2-5-9-17/h2-11,19H,12-16H2,1H3/i1D3. The highest BCUT2D eigenvalue weighted by Crippen LogP contribution is 2.27.